The normalized spacial score (nSPS) is 14.7. The van der Waals surface area contributed by atoms with E-state index < -0.39 is 0 Å². The third kappa shape index (κ3) is 4.06. The molecule has 0 spiro atoms. The van der Waals surface area contributed by atoms with Gasteiger partial charge in [-0.2, -0.15) is 5.10 Å². The first-order valence-electron chi connectivity index (χ1n) is 9.72. The maximum absolute atomic E-state index is 12.6. The lowest BCUT2D eigenvalue weighted by Crippen LogP contribution is -2.19. The number of ether oxygens (including phenoxy) is 1. The number of fused-ring (bicyclic) bond motifs is 1. The first-order valence-corrected chi connectivity index (χ1v) is 9.72. The number of carbonyl (C=O) groups excluding carboxylic acids is 1. The Bertz CT molecular complexity index is 1020. The van der Waals surface area contributed by atoms with Gasteiger partial charge in [-0.1, -0.05) is 37.5 Å². The van der Waals surface area contributed by atoms with Gasteiger partial charge in [0.15, 0.2) is 5.69 Å². The number of amides is 1. The van der Waals surface area contributed by atoms with Gasteiger partial charge in [0.1, 0.15) is 5.75 Å². The number of aromatic amines is 1. The molecule has 1 fully saturated rings. The number of aromatic nitrogens is 2. The summed E-state index contributed by atoms with van der Waals surface area (Å²) in [5.41, 5.74) is 0.520. The molecule has 144 valence electrons. The number of carbonyl (C=O) groups is 1. The molecule has 0 unspecified atom stereocenters. The standard InChI is InChI=1S/C22H23N3O3/c26-21-19-9-5-4-8-18(19)20(24-25-21)22(27)23-16-10-12-17(13-11-16)28-14-15-6-2-1-3-7-15/h4-5,8-13,15H,1-3,6-7,14H2,(H,23,27)(H,25,26). The van der Waals surface area contributed by atoms with E-state index >= 15 is 0 Å². The third-order valence-corrected chi connectivity index (χ3v) is 5.23. The maximum atomic E-state index is 12.6. The van der Waals surface area contributed by atoms with E-state index in [9.17, 15) is 9.59 Å². The van der Waals surface area contributed by atoms with Gasteiger partial charge in [-0.25, -0.2) is 5.10 Å². The number of nitrogens with one attached hydrogen (secondary N) is 2. The number of nitrogens with zero attached hydrogens (tertiary/aromatic N) is 1. The first-order chi connectivity index (χ1) is 13.7. The second kappa shape index (κ2) is 8.25. The largest absolute Gasteiger partial charge is 0.493 e. The Labute approximate surface area is 162 Å². The molecule has 6 heteroatoms. The summed E-state index contributed by atoms with van der Waals surface area (Å²) in [7, 11) is 0. The molecular formula is C22H23N3O3. The molecule has 0 bridgehead atoms. The van der Waals surface area contributed by atoms with Crippen LogP contribution in [0.5, 0.6) is 5.75 Å². The molecule has 1 heterocycles. The van der Waals surface area contributed by atoms with Crippen LogP contribution in [0.4, 0.5) is 5.69 Å². The van der Waals surface area contributed by atoms with Crippen molar-refractivity contribution in [2.75, 3.05) is 11.9 Å². The third-order valence-electron chi connectivity index (χ3n) is 5.23. The molecule has 6 nitrogen and oxygen atoms in total. The van der Waals surface area contributed by atoms with Gasteiger partial charge in [0.25, 0.3) is 11.5 Å². The van der Waals surface area contributed by atoms with E-state index in [2.05, 4.69) is 15.5 Å². The molecule has 2 aromatic carbocycles. The van der Waals surface area contributed by atoms with Crippen LogP contribution in [0.15, 0.2) is 53.3 Å². The van der Waals surface area contributed by atoms with E-state index in [-0.39, 0.29) is 17.2 Å². The van der Waals surface area contributed by atoms with Crippen molar-refractivity contribution in [1.82, 2.24) is 10.2 Å². The molecule has 0 radical (unpaired) electrons. The van der Waals surface area contributed by atoms with Gasteiger partial charge in [0, 0.05) is 11.1 Å². The molecular weight excluding hydrogens is 354 g/mol. The Morgan fingerprint density at radius 1 is 1.04 bits per heavy atom. The first kappa shape index (κ1) is 18.2. The minimum Gasteiger partial charge on any atom is -0.493 e. The molecule has 1 aromatic heterocycles. The predicted octanol–water partition coefficient (Wildman–Crippen LogP) is 4.13. The molecule has 1 amide bonds. The van der Waals surface area contributed by atoms with E-state index in [1.807, 2.05) is 24.3 Å². The van der Waals surface area contributed by atoms with Crippen molar-refractivity contribution >= 4 is 22.4 Å². The van der Waals surface area contributed by atoms with Crippen LogP contribution in [0.2, 0.25) is 0 Å². The lowest BCUT2D eigenvalue weighted by molar-refractivity contribution is 0.102. The highest BCUT2D eigenvalue weighted by molar-refractivity contribution is 6.11. The van der Waals surface area contributed by atoms with Crippen LogP contribution in [0.1, 0.15) is 42.6 Å². The van der Waals surface area contributed by atoms with Crippen molar-refractivity contribution in [1.29, 1.82) is 0 Å². The van der Waals surface area contributed by atoms with Crippen LogP contribution in [-0.2, 0) is 0 Å². The predicted molar refractivity (Wildman–Crippen MR) is 109 cm³/mol. The molecule has 2 N–H and O–H groups in total. The molecule has 0 saturated heterocycles. The fourth-order valence-electron chi connectivity index (χ4n) is 3.68. The van der Waals surface area contributed by atoms with Gasteiger partial charge in [0.05, 0.1) is 12.0 Å². The number of rotatable bonds is 5. The summed E-state index contributed by atoms with van der Waals surface area (Å²) in [4.78, 5) is 24.5. The van der Waals surface area contributed by atoms with Gasteiger partial charge in [-0.05, 0) is 49.1 Å². The number of benzene rings is 2. The summed E-state index contributed by atoms with van der Waals surface area (Å²) in [6.45, 7) is 0.749. The summed E-state index contributed by atoms with van der Waals surface area (Å²) >= 11 is 0. The van der Waals surface area contributed by atoms with Crippen molar-refractivity contribution in [2.24, 2.45) is 5.92 Å². The van der Waals surface area contributed by atoms with Crippen molar-refractivity contribution in [3.63, 3.8) is 0 Å². The van der Waals surface area contributed by atoms with Crippen LogP contribution in [0.3, 0.4) is 0 Å². The lowest BCUT2D eigenvalue weighted by Gasteiger charge is -2.21. The van der Waals surface area contributed by atoms with E-state index in [1.54, 1.807) is 24.3 Å². The summed E-state index contributed by atoms with van der Waals surface area (Å²) < 4.78 is 5.90. The quantitative estimate of drug-likeness (QED) is 0.700. The van der Waals surface area contributed by atoms with Crippen LogP contribution in [0, 0.1) is 5.92 Å². The number of H-pyrrole nitrogens is 1. The Kier molecular flexibility index (Phi) is 5.37. The lowest BCUT2D eigenvalue weighted by atomic mass is 9.90. The minimum absolute atomic E-state index is 0.188. The second-order valence-corrected chi connectivity index (χ2v) is 7.24. The average molecular weight is 377 g/mol. The molecule has 1 saturated carbocycles. The van der Waals surface area contributed by atoms with Gasteiger partial charge in [-0.3, -0.25) is 9.59 Å². The summed E-state index contributed by atoms with van der Waals surface area (Å²) in [5.74, 6) is 1.08. The molecule has 1 aliphatic rings. The summed E-state index contributed by atoms with van der Waals surface area (Å²) in [5, 5.41) is 10.1. The summed E-state index contributed by atoms with van der Waals surface area (Å²) in [6.07, 6.45) is 6.42. The van der Waals surface area contributed by atoms with E-state index in [0.29, 0.717) is 22.4 Å². The Morgan fingerprint density at radius 3 is 2.50 bits per heavy atom. The maximum Gasteiger partial charge on any atom is 0.276 e. The van der Waals surface area contributed by atoms with Crippen LogP contribution < -0.4 is 15.6 Å². The van der Waals surface area contributed by atoms with Crippen LogP contribution in [-0.4, -0.2) is 22.7 Å². The highest BCUT2D eigenvalue weighted by Crippen LogP contribution is 2.25. The molecule has 0 aliphatic heterocycles. The second-order valence-electron chi connectivity index (χ2n) is 7.24. The monoisotopic (exact) mass is 377 g/mol. The SMILES string of the molecule is O=C(Nc1ccc(OCC2CCCCC2)cc1)c1n[nH]c(=O)c2ccccc12. The van der Waals surface area contributed by atoms with Crippen LogP contribution >= 0.6 is 0 Å². The van der Waals surface area contributed by atoms with Gasteiger partial charge in [0.2, 0.25) is 0 Å². The van der Waals surface area contributed by atoms with Crippen molar-refractivity contribution in [3.05, 3.63) is 64.6 Å². The van der Waals surface area contributed by atoms with E-state index in [0.717, 1.165) is 12.4 Å². The van der Waals surface area contributed by atoms with Gasteiger partial charge in [-0.15, -0.1) is 0 Å². The molecule has 4 rings (SSSR count). The highest BCUT2D eigenvalue weighted by atomic mass is 16.5. The Hall–Kier alpha value is -3.15. The van der Waals surface area contributed by atoms with Crippen molar-refractivity contribution in [3.8, 4) is 5.75 Å². The number of hydrogen-bond acceptors (Lipinski definition) is 4. The number of anilines is 1. The van der Waals surface area contributed by atoms with Crippen LogP contribution in [0.25, 0.3) is 10.8 Å². The van der Waals surface area contributed by atoms with Crippen molar-refractivity contribution < 1.29 is 9.53 Å². The zero-order valence-electron chi connectivity index (χ0n) is 15.6. The topological polar surface area (TPSA) is 84.1 Å². The van der Waals surface area contributed by atoms with Gasteiger partial charge < -0.3 is 10.1 Å². The molecule has 28 heavy (non-hydrogen) atoms. The van der Waals surface area contributed by atoms with Gasteiger partial charge >= 0.3 is 0 Å². The summed E-state index contributed by atoms with van der Waals surface area (Å²) in [6, 6.07) is 14.3. The average Bonchev–Trinajstić information content (AvgIpc) is 2.74. The molecule has 3 aromatic rings. The smallest absolute Gasteiger partial charge is 0.276 e. The zero-order chi connectivity index (χ0) is 19.3. The zero-order valence-corrected chi connectivity index (χ0v) is 15.6. The fraction of sp³-hybridized carbons (Fsp3) is 0.318. The highest BCUT2D eigenvalue weighted by Gasteiger charge is 2.15. The van der Waals surface area contributed by atoms with E-state index in [4.69, 9.17) is 4.74 Å². The Balaban J connectivity index is 1.42. The number of hydrogen-bond donors (Lipinski definition) is 2. The minimum atomic E-state index is -0.372. The van der Waals surface area contributed by atoms with E-state index in [1.165, 1.54) is 32.1 Å². The Morgan fingerprint density at radius 2 is 1.75 bits per heavy atom. The molecule has 0 atom stereocenters. The van der Waals surface area contributed by atoms with Crippen molar-refractivity contribution in [2.45, 2.75) is 32.1 Å². The fourth-order valence-corrected chi connectivity index (χ4v) is 3.68. The molecule has 1 aliphatic carbocycles.